The Morgan fingerprint density at radius 2 is 2.44 bits per heavy atom. The van der Waals surface area contributed by atoms with Crippen LogP contribution in [0.3, 0.4) is 0 Å². The van der Waals surface area contributed by atoms with Gasteiger partial charge in [-0.3, -0.25) is 0 Å². The summed E-state index contributed by atoms with van der Waals surface area (Å²) in [5.74, 6) is 1.62. The molecule has 1 rings (SSSR count). The molecule has 1 aliphatic rings. The van der Waals surface area contributed by atoms with Crippen LogP contribution in [-0.2, 0) is 4.79 Å². The van der Waals surface area contributed by atoms with E-state index in [0.717, 1.165) is 0 Å². The summed E-state index contributed by atoms with van der Waals surface area (Å²) < 4.78 is 0. The lowest BCUT2D eigenvalue weighted by molar-refractivity contribution is 0.220. The molecule has 0 aromatic rings. The summed E-state index contributed by atoms with van der Waals surface area (Å²) >= 11 is 0. The van der Waals surface area contributed by atoms with Gasteiger partial charge in [0, 0.05) is 6.54 Å². The van der Waals surface area contributed by atoms with E-state index in [1.807, 2.05) is 0 Å². The van der Waals surface area contributed by atoms with E-state index in [1.54, 1.807) is 5.94 Å². The van der Waals surface area contributed by atoms with Crippen molar-refractivity contribution in [3.8, 4) is 0 Å². The van der Waals surface area contributed by atoms with Gasteiger partial charge in [0.2, 0.25) is 0 Å². The molecule has 1 heterocycles. The number of aliphatic hydroxyl groups excluding tert-OH is 1. The van der Waals surface area contributed by atoms with Crippen molar-refractivity contribution in [2.75, 3.05) is 6.54 Å². The lowest BCUT2D eigenvalue weighted by atomic mass is 10.3. The van der Waals surface area contributed by atoms with E-state index in [9.17, 15) is 4.79 Å². The second kappa shape index (κ2) is 3.25. The zero-order valence-electron chi connectivity index (χ0n) is 4.85. The molecule has 1 unspecified atom stereocenters. The molecule has 0 aromatic heterocycles. The minimum Gasteiger partial charge on any atom is -0.412 e. The van der Waals surface area contributed by atoms with Crippen LogP contribution in [0.2, 0.25) is 0 Å². The Hall–Kier alpha value is -0.830. The molecule has 4 N–H and O–H groups in total. The van der Waals surface area contributed by atoms with Gasteiger partial charge in [-0.1, -0.05) is 0 Å². The van der Waals surface area contributed by atoms with Gasteiger partial charge < -0.3 is 15.9 Å². The molecule has 9 heavy (non-hydrogen) atoms. The predicted molar refractivity (Wildman–Crippen MR) is 31.4 cm³/mol. The van der Waals surface area contributed by atoms with Crippen LogP contribution in [0.15, 0.2) is 5.70 Å². The predicted octanol–water partition coefficient (Wildman–Crippen LogP) is -1.77. The maximum Gasteiger partial charge on any atom is 0.148 e. The van der Waals surface area contributed by atoms with Gasteiger partial charge >= 0.3 is 0 Å². The van der Waals surface area contributed by atoms with Crippen LogP contribution in [0.1, 0.15) is 6.42 Å². The van der Waals surface area contributed by atoms with E-state index in [0.29, 0.717) is 18.7 Å². The zero-order valence-corrected chi connectivity index (χ0v) is 4.85. The van der Waals surface area contributed by atoms with Gasteiger partial charge in [0.25, 0.3) is 0 Å². The molecule has 1 saturated heterocycles. The van der Waals surface area contributed by atoms with E-state index >= 15 is 0 Å². The van der Waals surface area contributed by atoms with Crippen LogP contribution in [-0.4, -0.2) is 29.2 Å². The molecule has 52 valence electrons. The highest BCUT2D eigenvalue weighted by Gasteiger charge is 2.17. The molecule has 1 aliphatic heterocycles. The number of nitrogens with one attached hydrogen (secondary N) is 1. The first-order valence-electron chi connectivity index (χ1n) is 2.51. The second-order valence-corrected chi connectivity index (χ2v) is 1.75. The van der Waals surface area contributed by atoms with Crippen LogP contribution in [0, 0.1) is 0 Å². The Balaban J connectivity index is 0.000000640. The standard InChI is InChI=1S/C5H7NO2.H2O/c7-3-4-5(8)1-2-6-4;/h5-6,8H,1-2H2;1H2. The molecule has 0 aromatic carbocycles. The van der Waals surface area contributed by atoms with Gasteiger partial charge in [0.05, 0.1) is 0 Å². The third kappa shape index (κ3) is 1.54. The molecule has 0 saturated carbocycles. The fourth-order valence-electron chi connectivity index (χ4n) is 0.710. The van der Waals surface area contributed by atoms with Crippen molar-refractivity contribution in [3.63, 3.8) is 0 Å². The number of rotatable bonds is 0. The van der Waals surface area contributed by atoms with Crippen molar-refractivity contribution in [2.24, 2.45) is 0 Å². The molecule has 0 bridgehead atoms. The molecule has 0 radical (unpaired) electrons. The first-order valence-corrected chi connectivity index (χ1v) is 2.51. The Kier molecular flexibility index (Phi) is 2.95. The van der Waals surface area contributed by atoms with Crippen molar-refractivity contribution in [2.45, 2.75) is 12.5 Å². The van der Waals surface area contributed by atoms with Gasteiger partial charge in [-0.05, 0) is 6.42 Å². The fraction of sp³-hybridized carbons (Fsp3) is 0.600. The van der Waals surface area contributed by atoms with Crippen molar-refractivity contribution >= 4 is 5.94 Å². The lowest BCUT2D eigenvalue weighted by Gasteiger charge is -1.94. The van der Waals surface area contributed by atoms with Crippen molar-refractivity contribution in [1.82, 2.24) is 5.32 Å². The average Bonchev–Trinajstić information content (AvgIpc) is 2.14. The van der Waals surface area contributed by atoms with Crippen LogP contribution in [0.25, 0.3) is 0 Å². The number of hydrogen-bond acceptors (Lipinski definition) is 3. The van der Waals surface area contributed by atoms with Gasteiger partial charge in [0.1, 0.15) is 17.7 Å². The Bertz CT molecular complexity index is 139. The van der Waals surface area contributed by atoms with Gasteiger partial charge in [-0.2, -0.15) is 0 Å². The largest absolute Gasteiger partial charge is 0.412 e. The van der Waals surface area contributed by atoms with E-state index < -0.39 is 6.10 Å². The Morgan fingerprint density at radius 3 is 2.67 bits per heavy atom. The minimum absolute atomic E-state index is 0. The first kappa shape index (κ1) is 8.17. The summed E-state index contributed by atoms with van der Waals surface area (Å²) in [5, 5.41) is 11.5. The van der Waals surface area contributed by atoms with Crippen LogP contribution in [0.5, 0.6) is 0 Å². The maximum absolute atomic E-state index is 9.83. The van der Waals surface area contributed by atoms with Crippen molar-refractivity contribution in [3.05, 3.63) is 5.70 Å². The molecule has 4 heteroatoms. The topological polar surface area (TPSA) is 80.8 Å². The molecule has 0 aliphatic carbocycles. The molecule has 1 atom stereocenters. The van der Waals surface area contributed by atoms with E-state index in [4.69, 9.17) is 5.11 Å². The lowest BCUT2D eigenvalue weighted by Crippen LogP contribution is -2.10. The van der Waals surface area contributed by atoms with E-state index in [2.05, 4.69) is 5.32 Å². The minimum atomic E-state index is -0.590. The van der Waals surface area contributed by atoms with Crippen LogP contribution in [0.4, 0.5) is 0 Å². The Morgan fingerprint density at radius 1 is 1.78 bits per heavy atom. The maximum atomic E-state index is 9.83. The van der Waals surface area contributed by atoms with Crippen LogP contribution >= 0.6 is 0 Å². The van der Waals surface area contributed by atoms with Gasteiger partial charge in [-0.25, -0.2) is 4.79 Å². The molecule has 0 spiro atoms. The highest BCUT2D eigenvalue weighted by atomic mass is 16.3. The first-order chi connectivity index (χ1) is 3.84. The number of aliphatic hydroxyl groups is 1. The molecule has 4 nitrogen and oxygen atoms in total. The summed E-state index contributed by atoms with van der Waals surface area (Å²) in [7, 11) is 0. The van der Waals surface area contributed by atoms with Gasteiger partial charge in [0.15, 0.2) is 0 Å². The summed E-state index contributed by atoms with van der Waals surface area (Å²) in [6, 6.07) is 0. The fourth-order valence-corrected chi connectivity index (χ4v) is 0.710. The van der Waals surface area contributed by atoms with Crippen LogP contribution < -0.4 is 5.32 Å². The summed E-state index contributed by atoms with van der Waals surface area (Å²) in [4.78, 5) is 9.83. The van der Waals surface area contributed by atoms with Crippen molar-refractivity contribution < 1.29 is 15.4 Å². The monoisotopic (exact) mass is 131 g/mol. The Labute approximate surface area is 52.5 Å². The van der Waals surface area contributed by atoms with E-state index in [1.165, 1.54) is 0 Å². The van der Waals surface area contributed by atoms with Gasteiger partial charge in [-0.15, -0.1) is 0 Å². The second-order valence-electron chi connectivity index (χ2n) is 1.75. The SMILES string of the molecule is O.O=C=C1NCCC1O. The number of hydrogen-bond donors (Lipinski definition) is 2. The average molecular weight is 131 g/mol. The molecular weight excluding hydrogens is 122 g/mol. The molecule has 0 amide bonds. The third-order valence-electron chi connectivity index (χ3n) is 1.18. The quantitative estimate of drug-likeness (QED) is 0.382. The van der Waals surface area contributed by atoms with E-state index in [-0.39, 0.29) is 5.48 Å². The summed E-state index contributed by atoms with van der Waals surface area (Å²) in [6.07, 6.45) is 0.0393. The normalized spacial score (nSPS) is 24.1. The highest BCUT2D eigenvalue weighted by molar-refractivity contribution is 5.53. The number of carbonyl (C=O) groups excluding carboxylic acids is 1. The summed E-state index contributed by atoms with van der Waals surface area (Å²) in [5.41, 5.74) is 0.296. The molecule has 1 fully saturated rings. The zero-order chi connectivity index (χ0) is 5.98. The van der Waals surface area contributed by atoms with Crippen molar-refractivity contribution in [1.29, 1.82) is 0 Å². The molecular formula is C5H9NO3. The third-order valence-corrected chi connectivity index (χ3v) is 1.18. The smallest absolute Gasteiger partial charge is 0.148 e. The summed E-state index contributed by atoms with van der Waals surface area (Å²) in [6.45, 7) is 0.686. The highest BCUT2D eigenvalue weighted by Crippen LogP contribution is 2.05.